The molecule has 0 aromatic carbocycles. The first-order valence-electron chi connectivity index (χ1n) is 17.6. The summed E-state index contributed by atoms with van der Waals surface area (Å²) in [6.45, 7) is 8.02. The van der Waals surface area contributed by atoms with Crippen molar-refractivity contribution < 1.29 is 48.5 Å². The number of nitrogens with two attached hydrogens (primary N) is 1. The van der Waals surface area contributed by atoms with E-state index in [0.29, 0.717) is 13.0 Å². The number of amides is 3. The highest BCUT2D eigenvalue weighted by atomic mass is 16.6. The molecule has 1 heterocycles. The maximum absolute atomic E-state index is 14.1. The number of aliphatic carboxylic acids is 1. The summed E-state index contributed by atoms with van der Waals surface area (Å²) >= 11 is 0. The number of carbonyl (C=O) groups is 6. The smallest absolute Gasteiger partial charge is 0.347 e. The molecule has 0 radical (unpaired) electrons. The molecule has 3 amide bonds. The zero-order chi connectivity index (χ0) is 36.7. The number of aliphatic hydroxyl groups is 1. The third-order valence-electron chi connectivity index (χ3n) is 11.1. The Morgan fingerprint density at radius 1 is 1.04 bits per heavy atom. The SMILES string of the molecule is CC1C2CC(C(=O)O)C(C2)C1CC(CC(C)(CC(CC(C)(C)C(=O)NCCCN(C)C)C(=O)NCCO)C(=O)OC1CCOC1=O)C(N)=O. The van der Waals surface area contributed by atoms with Crippen LogP contribution in [0.1, 0.15) is 79.1 Å². The van der Waals surface area contributed by atoms with Crippen LogP contribution in [0, 0.1) is 52.3 Å². The molecule has 3 fully saturated rings. The van der Waals surface area contributed by atoms with Crippen LogP contribution in [-0.4, -0.2) is 104 Å². The van der Waals surface area contributed by atoms with Crippen molar-refractivity contribution in [1.82, 2.24) is 15.5 Å². The Bertz CT molecular complexity index is 1220. The van der Waals surface area contributed by atoms with Crippen LogP contribution in [0.2, 0.25) is 0 Å². The predicted octanol–water partition coefficient (Wildman–Crippen LogP) is 1.33. The molecule has 9 unspecified atom stereocenters. The summed E-state index contributed by atoms with van der Waals surface area (Å²) in [7, 11) is 3.87. The molecule has 0 aromatic rings. The number of esters is 2. The summed E-state index contributed by atoms with van der Waals surface area (Å²) in [5, 5.41) is 24.9. The van der Waals surface area contributed by atoms with Gasteiger partial charge in [-0.05, 0) is 96.2 Å². The van der Waals surface area contributed by atoms with Crippen molar-refractivity contribution >= 4 is 35.6 Å². The third-order valence-corrected chi connectivity index (χ3v) is 11.1. The first kappa shape index (κ1) is 40.2. The van der Waals surface area contributed by atoms with Crippen molar-refractivity contribution in [2.45, 2.75) is 85.2 Å². The molecule has 278 valence electrons. The molecule has 2 aliphatic carbocycles. The molecule has 3 rings (SSSR count). The summed E-state index contributed by atoms with van der Waals surface area (Å²) in [6, 6.07) is 0. The second kappa shape index (κ2) is 17.1. The number of aliphatic hydroxyl groups excluding tert-OH is 1. The van der Waals surface area contributed by atoms with Crippen LogP contribution in [0.5, 0.6) is 0 Å². The van der Waals surface area contributed by atoms with Gasteiger partial charge in [0.2, 0.25) is 23.8 Å². The number of primary amides is 1. The predicted molar refractivity (Wildman–Crippen MR) is 178 cm³/mol. The number of ether oxygens (including phenoxy) is 2. The lowest BCUT2D eigenvalue weighted by molar-refractivity contribution is -0.170. The van der Waals surface area contributed by atoms with Gasteiger partial charge in [-0.1, -0.05) is 20.8 Å². The van der Waals surface area contributed by atoms with E-state index in [9.17, 15) is 39.0 Å². The highest BCUT2D eigenvalue weighted by Crippen LogP contribution is 2.57. The van der Waals surface area contributed by atoms with Crippen molar-refractivity contribution in [2.24, 2.45) is 58.0 Å². The fourth-order valence-corrected chi connectivity index (χ4v) is 8.37. The highest BCUT2D eigenvalue weighted by Gasteiger charge is 2.54. The van der Waals surface area contributed by atoms with E-state index in [1.54, 1.807) is 20.8 Å². The van der Waals surface area contributed by atoms with Gasteiger partial charge in [0, 0.05) is 36.8 Å². The molecule has 0 spiro atoms. The topological polar surface area (TPSA) is 215 Å². The average molecular weight is 695 g/mol. The molecule has 14 heteroatoms. The maximum atomic E-state index is 14.1. The number of carboxylic acid groups (broad SMARTS) is 1. The molecular formula is C35H58N4O10. The van der Waals surface area contributed by atoms with Gasteiger partial charge in [0.25, 0.3) is 0 Å². The molecule has 1 aliphatic heterocycles. The van der Waals surface area contributed by atoms with Crippen molar-refractivity contribution in [1.29, 1.82) is 0 Å². The number of nitrogens with one attached hydrogen (secondary N) is 2. The first-order valence-corrected chi connectivity index (χ1v) is 17.6. The van der Waals surface area contributed by atoms with Gasteiger partial charge in [0.15, 0.2) is 0 Å². The minimum Gasteiger partial charge on any atom is -0.481 e. The Kier molecular flexibility index (Phi) is 14.0. The minimum atomic E-state index is -1.52. The number of carboxylic acids is 1. The second-order valence-corrected chi connectivity index (χ2v) is 15.7. The number of carbonyl (C=O) groups excluding carboxylic acids is 5. The summed E-state index contributed by atoms with van der Waals surface area (Å²) in [4.78, 5) is 80.4. The molecule has 1 saturated heterocycles. The van der Waals surface area contributed by atoms with E-state index in [4.69, 9.17) is 15.2 Å². The van der Waals surface area contributed by atoms with E-state index in [1.165, 1.54) is 0 Å². The lowest BCUT2D eigenvalue weighted by atomic mass is 9.66. The lowest BCUT2D eigenvalue weighted by Crippen LogP contribution is -2.46. The van der Waals surface area contributed by atoms with Gasteiger partial charge in [-0.2, -0.15) is 0 Å². The highest BCUT2D eigenvalue weighted by molar-refractivity contribution is 5.86. The summed E-state index contributed by atoms with van der Waals surface area (Å²) in [5.74, 6) is -5.83. The van der Waals surface area contributed by atoms with Crippen LogP contribution in [0.15, 0.2) is 0 Å². The second-order valence-electron chi connectivity index (χ2n) is 15.7. The van der Waals surface area contributed by atoms with Crippen molar-refractivity contribution in [2.75, 3.05) is 46.9 Å². The Hall–Kier alpha value is -3.26. The number of nitrogens with zero attached hydrogens (tertiary/aromatic N) is 1. The van der Waals surface area contributed by atoms with E-state index >= 15 is 0 Å². The lowest BCUT2D eigenvalue weighted by Gasteiger charge is -2.38. The number of hydrogen-bond donors (Lipinski definition) is 5. The van der Waals surface area contributed by atoms with E-state index in [2.05, 4.69) is 17.6 Å². The minimum absolute atomic E-state index is 0.0308. The third kappa shape index (κ3) is 10.4. The molecule has 2 bridgehead atoms. The zero-order valence-electron chi connectivity index (χ0n) is 30.0. The Morgan fingerprint density at radius 3 is 2.27 bits per heavy atom. The van der Waals surface area contributed by atoms with E-state index in [1.807, 2.05) is 19.0 Å². The van der Waals surface area contributed by atoms with Crippen molar-refractivity contribution in [3.05, 3.63) is 0 Å². The van der Waals surface area contributed by atoms with Gasteiger partial charge in [-0.25, -0.2) is 4.79 Å². The molecule has 9 atom stereocenters. The number of fused-ring (bicyclic) bond motifs is 2. The normalized spacial score (nSPS) is 27.2. The molecule has 2 saturated carbocycles. The molecule has 3 aliphatic rings. The maximum Gasteiger partial charge on any atom is 0.347 e. The molecule has 49 heavy (non-hydrogen) atoms. The first-order chi connectivity index (χ1) is 22.9. The molecule has 0 aromatic heterocycles. The Morgan fingerprint density at radius 2 is 1.71 bits per heavy atom. The van der Waals surface area contributed by atoms with E-state index < -0.39 is 64.4 Å². The Labute approximate surface area is 289 Å². The largest absolute Gasteiger partial charge is 0.481 e. The number of cyclic esters (lactones) is 1. The quantitative estimate of drug-likeness (QED) is 0.0905. The molecule has 6 N–H and O–H groups in total. The van der Waals surface area contributed by atoms with Crippen LogP contribution in [0.25, 0.3) is 0 Å². The van der Waals surface area contributed by atoms with Gasteiger partial charge < -0.3 is 41.0 Å². The van der Waals surface area contributed by atoms with Gasteiger partial charge >= 0.3 is 17.9 Å². The fraction of sp³-hybridized carbons (Fsp3) is 0.829. The van der Waals surface area contributed by atoms with Gasteiger partial charge in [-0.3, -0.25) is 24.0 Å². The standard InChI is InChI=1S/C35H58N4O10/c1-20-21-14-25(26(15-21)30(43)44)24(20)16-22(28(36)41)18-35(4,33(47)49-27-8-13-48-31(27)45)19-23(29(42)37-10-12-40)17-34(2,3)32(46)38-9-7-11-39(5)6/h20-27,40H,7-19H2,1-6H3,(H2,36,41)(H,37,42)(H,38,46)(H,43,44). The van der Waals surface area contributed by atoms with Crippen LogP contribution in [0.3, 0.4) is 0 Å². The number of hydrogen-bond acceptors (Lipinski definition) is 10. The summed E-state index contributed by atoms with van der Waals surface area (Å²) < 4.78 is 10.7. The summed E-state index contributed by atoms with van der Waals surface area (Å²) in [6.07, 6.45) is 1.18. The van der Waals surface area contributed by atoms with Crippen LogP contribution in [-0.2, 0) is 38.2 Å². The van der Waals surface area contributed by atoms with Gasteiger partial charge in [0.05, 0.1) is 24.5 Å². The van der Waals surface area contributed by atoms with Gasteiger partial charge in [0.1, 0.15) is 0 Å². The number of rotatable bonds is 20. The van der Waals surface area contributed by atoms with Crippen molar-refractivity contribution in [3.63, 3.8) is 0 Å². The van der Waals surface area contributed by atoms with E-state index in [0.717, 1.165) is 19.4 Å². The van der Waals surface area contributed by atoms with Crippen LogP contribution < -0.4 is 16.4 Å². The van der Waals surface area contributed by atoms with Gasteiger partial charge in [-0.15, -0.1) is 0 Å². The zero-order valence-corrected chi connectivity index (χ0v) is 30.0. The molecule has 14 nitrogen and oxygen atoms in total. The Balaban J connectivity index is 1.91. The van der Waals surface area contributed by atoms with Crippen molar-refractivity contribution in [3.8, 4) is 0 Å². The van der Waals surface area contributed by atoms with Crippen LogP contribution in [0.4, 0.5) is 0 Å². The van der Waals surface area contributed by atoms with E-state index in [-0.39, 0.29) is 81.4 Å². The monoisotopic (exact) mass is 694 g/mol. The van der Waals surface area contributed by atoms with Crippen LogP contribution >= 0.6 is 0 Å². The molecular weight excluding hydrogens is 636 g/mol. The fourth-order valence-electron chi connectivity index (χ4n) is 8.37. The average Bonchev–Trinajstić information content (AvgIpc) is 3.72. The summed E-state index contributed by atoms with van der Waals surface area (Å²) in [5.41, 5.74) is 3.41.